The predicted octanol–water partition coefficient (Wildman–Crippen LogP) is 4.53. The van der Waals surface area contributed by atoms with E-state index in [4.69, 9.17) is 4.74 Å². The van der Waals surface area contributed by atoms with Crippen LogP contribution in [-0.2, 0) is 9.59 Å². The summed E-state index contributed by atoms with van der Waals surface area (Å²) in [7, 11) is 0. The number of anilines is 2. The van der Waals surface area contributed by atoms with E-state index in [1.165, 1.54) is 0 Å². The van der Waals surface area contributed by atoms with Gasteiger partial charge in [0.15, 0.2) is 6.10 Å². The Morgan fingerprint density at radius 2 is 1.65 bits per heavy atom. The molecule has 0 heterocycles. The summed E-state index contributed by atoms with van der Waals surface area (Å²) in [5.74, 6) is 0.411. The fourth-order valence-corrected chi connectivity index (χ4v) is 2.45. The van der Waals surface area contributed by atoms with Crippen molar-refractivity contribution >= 4 is 23.2 Å². The number of hydrogen-bond acceptors (Lipinski definition) is 3. The van der Waals surface area contributed by atoms with Crippen LogP contribution in [0.25, 0.3) is 0 Å². The van der Waals surface area contributed by atoms with E-state index in [0.717, 1.165) is 12.0 Å². The van der Waals surface area contributed by atoms with E-state index in [1.807, 2.05) is 45.0 Å². The van der Waals surface area contributed by atoms with Crippen molar-refractivity contribution in [2.24, 2.45) is 0 Å². The molecule has 26 heavy (non-hydrogen) atoms. The Kier molecular flexibility index (Phi) is 7.21. The Hall–Kier alpha value is -2.82. The molecular weight excluding hydrogens is 328 g/mol. The largest absolute Gasteiger partial charge is 0.481 e. The van der Waals surface area contributed by atoms with Gasteiger partial charge >= 0.3 is 0 Å². The number of ether oxygens (including phenoxy) is 1. The number of hydrogen-bond donors (Lipinski definition) is 2. The molecular formula is C21H26N2O3. The van der Waals surface area contributed by atoms with Crippen LogP contribution in [0, 0.1) is 6.92 Å². The van der Waals surface area contributed by atoms with Gasteiger partial charge in [0.2, 0.25) is 5.91 Å². The van der Waals surface area contributed by atoms with Gasteiger partial charge in [-0.3, -0.25) is 9.59 Å². The van der Waals surface area contributed by atoms with Crippen LogP contribution in [0.3, 0.4) is 0 Å². The summed E-state index contributed by atoms with van der Waals surface area (Å²) in [5.41, 5.74) is 2.42. The van der Waals surface area contributed by atoms with Crippen molar-refractivity contribution in [3.05, 3.63) is 54.1 Å². The Labute approximate surface area is 154 Å². The molecule has 0 unspecified atom stereocenters. The zero-order chi connectivity index (χ0) is 18.9. The van der Waals surface area contributed by atoms with Gasteiger partial charge in [-0.2, -0.15) is 0 Å². The number of benzene rings is 2. The van der Waals surface area contributed by atoms with Gasteiger partial charge in [-0.15, -0.1) is 0 Å². The molecule has 2 N–H and O–H groups in total. The van der Waals surface area contributed by atoms with Crippen molar-refractivity contribution in [2.75, 3.05) is 10.6 Å². The van der Waals surface area contributed by atoms with E-state index in [-0.39, 0.29) is 11.8 Å². The summed E-state index contributed by atoms with van der Waals surface area (Å²) in [6.45, 7) is 5.86. The zero-order valence-corrected chi connectivity index (χ0v) is 15.5. The molecule has 0 bridgehead atoms. The third kappa shape index (κ3) is 5.92. The molecule has 2 aromatic carbocycles. The highest BCUT2D eigenvalue weighted by Gasteiger charge is 2.18. The maximum absolute atomic E-state index is 12.5. The van der Waals surface area contributed by atoms with Gasteiger partial charge < -0.3 is 15.4 Å². The highest BCUT2D eigenvalue weighted by atomic mass is 16.5. The SMILES string of the molecule is CCCC(=O)Nc1cccc(NC(=O)[C@H](CC)Oc2ccc(C)cc2)c1. The molecule has 1 atom stereocenters. The topological polar surface area (TPSA) is 67.4 Å². The third-order valence-electron chi connectivity index (χ3n) is 3.85. The molecule has 5 heteroatoms. The van der Waals surface area contributed by atoms with E-state index in [0.29, 0.717) is 30.0 Å². The van der Waals surface area contributed by atoms with Crippen molar-refractivity contribution in [2.45, 2.75) is 46.1 Å². The maximum Gasteiger partial charge on any atom is 0.265 e. The van der Waals surface area contributed by atoms with Crippen LogP contribution in [0.4, 0.5) is 11.4 Å². The molecule has 0 aromatic heterocycles. The summed E-state index contributed by atoms with van der Waals surface area (Å²) in [6.07, 6.45) is 1.22. The summed E-state index contributed by atoms with van der Waals surface area (Å²) < 4.78 is 5.80. The van der Waals surface area contributed by atoms with Gasteiger partial charge in [0.1, 0.15) is 5.75 Å². The van der Waals surface area contributed by atoms with Crippen molar-refractivity contribution in [3.8, 4) is 5.75 Å². The van der Waals surface area contributed by atoms with Crippen LogP contribution in [0.5, 0.6) is 5.75 Å². The van der Waals surface area contributed by atoms with E-state index in [2.05, 4.69) is 10.6 Å². The first-order valence-electron chi connectivity index (χ1n) is 8.96. The number of rotatable bonds is 8. The van der Waals surface area contributed by atoms with E-state index in [9.17, 15) is 9.59 Å². The minimum Gasteiger partial charge on any atom is -0.481 e. The molecule has 0 fully saturated rings. The molecule has 138 valence electrons. The second-order valence-electron chi connectivity index (χ2n) is 6.20. The molecule has 0 saturated carbocycles. The number of carbonyl (C=O) groups is 2. The quantitative estimate of drug-likeness (QED) is 0.732. The van der Waals surface area contributed by atoms with Gasteiger partial charge in [0, 0.05) is 17.8 Å². The fourth-order valence-electron chi connectivity index (χ4n) is 2.45. The molecule has 5 nitrogen and oxygen atoms in total. The summed E-state index contributed by atoms with van der Waals surface area (Å²) in [6, 6.07) is 14.7. The fraction of sp³-hybridized carbons (Fsp3) is 0.333. The standard InChI is InChI=1S/C21H26N2O3/c1-4-7-20(24)22-16-8-6-9-17(14-16)23-21(25)19(5-2)26-18-12-10-15(3)11-13-18/h6,8-14,19H,4-5,7H2,1-3H3,(H,22,24)(H,23,25)/t19-/m0/s1. The summed E-state index contributed by atoms with van der Waals surface area (Å²) in [5, 5.41) is 5.68. The number of aryl methyl sites for hydroxylation is 1. The van der Waals surface area contributed by atoms with Gasteiger partial charge in [0.05, 0.1) is 0 Å². The van der Waals surface area contributed by atoms with Gasteiger partial charge in [-0.25, -0.2) is 0 Å². The van der Waals surface area contributed by atoms with Gasteiger partial charge in [0.25, 0.3) is 5.91 Å². The lowest BCUT2D eigenvalue weighted by molar-refractivity contribution is -0.122. The Morgan fingerprint density at radius 1 is 1.00 bits per heavy atom. The second-order valence-corrected chi connectivity index (χ2v) is 6.20. The normalized spacial score (nSPS) is 11.5. The summed E-state index contributed by atoms with van der Waals surface area (Å²) >= 11 is 0. The number of carbonyl (C=O) groups excluding carboxylic acids is 2. The van der Waals surface area contributed by atoms with Crippen LogP contribution < -0.4 is 15.4 Å². The van der Waals surface area contributed by atoms with Crippen LogP contribution in [-0.4, -0.2) is 17.9 Å². The number of amides is 2. The molecule has 0 saturated heterocycles. The zero-order valence-electron chi connectivity index (χ0n) is 15.5. The maximum atomic E-state index is 12.5. The van der Waals surface area contributed by atoms with Crippen molar-refractivity contribution in [1.82, 2.24) is 0 Å². The van der Waals surface area contributed by atoms with Crippen LogP contribution in [0.15, 0.2) is 48.5 Å². The van der Waals surface area contributed by atoms with Crippen LogP contribution >= 0.6 is 0 Å². The van der Waals surface area contributed by atoms with Crippen molar-refractivity contribution in [1.29, 1.82) is 0 Å². The first-order chi connectivity index (χ1) is 12.5. The molecule has 2 rings (SSSR count). The van der Waals surface area contributed by atoms with Crippen molar-refractivity contribution < 1.29 is 14.3 Å². The van der Waals surface area contributed by atoms with E-state index < -0.39 is 6.10 Å². The van der Waals surface area contributed by atoms with Crippen LogP contribution in [0.2, 0.25) is 0 Å². The molecule has 2 amide bonds. The lowest BCUT2D eigenvalue weighted by Gasteiger charge is -2.18. The third-order valence-corrected chi connectivity index (χ3v) is 3.85. The molecule has 0 aliphatic carbocycles. The highest BCUT2D eigenvalue weighted by Crippen LogP contribution is 2.18. The average Bonchev–Trinajstić information content (AvgIpc) is 2.61. The van der Waals surface area contributed by atoms with Gasteiger partial charge in [-0.05, 0) is 50.1 Å². The minimum absolute atomic E-state index is 0.0369. The van der Waals surface area contributed by atoms with Crippen LogP contribution in [0.1, 0.15) is 38.7 Å². The Balaban J connectivity index is 2.00. The van der Waals surface area contributed by atoms with Gasteiger partial charge in [-0.1, -0.05) is 37.6 Å². The molecule has 0 radical (unpaired) electrons. The lowest BCUT2D eigenvalue weighted by Crippen LogP contribution is -2.32. The first-order valence-corrected chi connectivity index (χ1v) is 8.96. The minimum atomic E-state index is -0.587. The number of nitrogens with one attached hydrogen (secondary N) is 2. The van der Waals surface area contributed by atoms with Crippen molar-refractivity contribution in [3.63, 3.8) is 0 Å². The van der Waals surface area contributed by atoms with E-state index >= 15 is 0 Å². The smallest absolute Gasteiger partial charge is 0.265 e. The highest BCUT2D eigenvalue weighted by molar-refractivity contribution is 5.96. The Morgan fingerprint density at radius 3 is 2.27 bits per heavy atom. The molecule has 0 aliphatic rings. The average molecular weight is 354 g/mol. The predicted molar refractivity (Wildman–Crippen MR) is 104 cm³/mol. The molecule has 2 aromatic rings. The molecule has 0 spiro atoms. The second kappa shape index (κ2) is 9.61. The molecule has 0 aliphatic heterocycles. The summed E-state index contributed by atoms with van der Waals surface area (Å²) in [4.78, 5) is 24.2. The van der Waals surface area contributed by atoms with E-state index in [1.54, 1.807) is 24.3 Å². The lowest BCUT2D eigenvalue weighted by atomic mass is 10.2. The Bertz CT molecular complexity index is 741. The monoisotopic (exact) mass is 354 g/mol. The first kappa shape index (κ1) is 19.5.